The van der Waals surface area contributed by atoms with Crippen LogP contribution in [-0.4, -0.2) is 10.2 Å². The van der Waals surface area contributed by atoms with Crippen LogP contribution >= 0.6 is 0 Å². The lowest BCUT2D eigenvalue weighted by Gasteiger charge is -2.43. The molecule has 2 N–H and O–H groups in total. The van der Waals surface area contributed by atoms with E-state index in [1.165, 1.54) is 0 Å². The van der Waals surface area contributed by atoms with Gasteiger partial charge in [-0.15, -0.1) is 0 Å². The number of rotatable bonds is 0. The van der Waals surface area contributed by atoms with Gasteiger partial charge in [-0.25, -0.2) is 0 Å². The molecule has 0 unspecified atom stereocenters. The van der Waals surface area contributed by atoms with E-state index in [1.807, 2.05) is 113 Å². The average molecular weight is 469 g/mol. The third-order valence-electron chi connectivity index (χ3n) is 7.01. The van der Waals surface area contributed by atoms with Crippen molar-refractivity contribution in [2.24, 2.45) is 0 Å². The molecular weight excluding hydrogens is 440 g/mol. The predicted molar refractivity (Wildman–Crippen MR) is 144 cm³/mol. The van der Waals surface area contributed by atoms with Gasteiger partial charge in [0.1, 0.15) is 0 Å². The average Bonchev–Trinajstić information content (AvgIpc) is 2.89. The highest BCUT2D eigenvalue weighted by Gasteiger charge is 2.51. The van der Waals surface area contributed by atoms with Crippen molar-refractivity contribution in [2.75, 3.05) is 0 Å². The van der Waals surface area contributed by atoms with Crippen molar-refractivity contribution in [3.8, 4) is 23.7 Å². The van der Waals surface area contributed by atoms with Crippen LogP contribution in [0.25, 0.3) is 0 Å². The van der Waals surface area contributed by atoms with Gasteiger partial charge in [0.25, 0.3) is 0 Å². The Balaban J connectivity index is 1.89. The molecule has 176 valence electrons. The standard InChI is InChI=1S/C34H28O2/c1-23-15-16-24(2)30-29(23)33(35,21-19-27-11-7-5-8-12-27)31-25(3)17-18-26(4)32(31)34(30,36)22-20-28-13-9-6-10-14-28/h5-18,35-36H,1-4H3. The Kier molecular flexibility index (Phi) is 5.82. The van der Waals surface area contributed by atoms with E-state index in [-0.39, 0.29) is 0 Å². The largest absolute Gasteiger partial charge is 0.369 e. The number of aliphatic hydroxyl groups is 2. The van der Waals surface area contributed by atoms with Crippen LogP contribution in [0, 0.1) is 51.4 Å². The molecule has 4 aromatic carbocycles. The topological polar surface area (TPSA) is 40.5 Å². The van der Waals surface area contributed by atoms with Gasteiger partial charge in [0.2, 0.25) is 0 Å². The highest BCUT2D eigenvalue weighted by atomic mass is 16.3. The molecular formula is C34H28O2. The third kappa shape index (κ3) is 3.73. The van der Waals surface area contributed by atoms with Gasteiger partial charge in [-0.2, -0.15) is 0 Å². The van der Waals surface area contributed by atoms with Gasteiger partial charge in [0.05, 0.1) is 0 Å². The van der Waals surface area contributed by atoms with E-state index in [1.54, 1.807) is 0 Å². The number of hydrogen-bond donors (Lipinski definition) is 2. The fourth-order valence-electron chi connectivity index (χ4n) is 5.36. The van der Waals surface area contributed by atoms with Gasteiger partial charge in [0.15, 0.2) is 11.2 Å². The third-order valence-corrected chi connectivity index (χ3v) is 7.01. The summed E-state index contributed by atoms with van der Waals surface area (Å²) in [5, 5.41) is 25.1. The minimum Gasteiger partial charge on any atom is -0.369 e. The number of aryl methyl sites for hydroxylation is 4. The lowest BCUT2D eigenvalue weighted by molar-refractivity contribution is 0.0921. The van der Waals surface area contributed by atoms with E-state index < -0.39 is 11.2 Å². The van der Waals surface area contributed by atoms with Crippen LogP contribution in [0.3, 0.4) is 0 Å². The Hall–Kier alpha value is -4.08. The summed E-state index contributed by atoms with van der Waals surface area (Å²) in [7, 11) is 0. The van der Waals surface area contributed by atoms with Gasteiger partial charge < -0.3 is 10.2 Å². The van der Waals surface area contributed by atoms with Gasteiger partial charge in [0, 0.05) is 33.4 Å². The van der Waals surface area contributed by atoms with Gasteiger partial charge in [-0.05, 0) is 74.2 Å². The Morgan fingerprint density at radius 1 is 0.444 bits per heavy atom. The molecule has 0 aromatic heterocycles. The molecule has 0 saturated heterocycles. The molecule has 2 nitrogen and oxygen atoms in total. The predicted octanol–water partition coefficient (Wildman–Crippen LogP) is 5.81. The van der Waals surface area contributed by atoms with Crippen molar-refractivity contribution in [3.63, 3.8) is 0 Å². The normalized spacial score (nSPS) is 19.7. The minimum atomic E-state index is -1.62. The first kappa shape index (κ1) is 23.7. The summed E-state index contributed by atoms with van der Waals surface area (Å²) >= 11 is 0. The van der Waals surface area contributed by atoms with Crippen molar-refractivity contribution in [1.82, 2.24) is 0 Å². The van der Waals surface area contributed by atoms with E-state index in [9.17, 15) is 10.2 Å². The van der Waals surface area contributed by atoms with E-state index in [0.29, 0.717) is 22.3 Å². The Bertz CT molecular complexity index is 1410. The molecule has 2 heteroatoms. The first-order valence-corrected chi connectivity index (χ1v) is 12.1. The molecule has 36 heavy (non-hydrogen) atoms. The fourth-order valence-corrected chi connectivity index (χ4v) is 5.36. The van der Waals surface area contributed by atoms with E-state index in [0.717, 1.165) is 33.4 Å². The molecule has 1 aliphatic carbocycles. The molecule has 0 aliphatic heterocycles. The van der Waals surface area contributed by atoms with Crippen LogP contribution in [0.4, 0.5) is 0 Å². The molecule has 0 amide bonds. The van der Waals surface area contributed by atoms with E-state index in [4.69, 9.17) is 0 Å². The maximum Gasteiger partial charge on any atom is 0.178 e. The minimum absolute atomic E-state index is 0.608. The Labute approximate surface area is 213 Å². The lowest BCUT2D eigenvalue weighted by Crippen LogP contribution is -2.44. The molecule has 0 fully saturated rings. The zero-order valence-electron chi connectivity index (χ0n) is 21.0. The second kappa shape index (κ2) is 8.85. The van der Waals surface area contributed by atoms with Crippen LogP contribution in [0.5, 0.6) is 0 Å². The first-order chi connectivity index (χ1) is 17.3. The molecule has 5 rings (SSSR count). The van der Waals surface area contributed by atoms with Crippen LogP contribution in [0.15, 0.2) is 84.9 Å². The smallest absolute Gasteiger partial charge is 0.178 e. The summed E-state index contributed by atoms with van der Waals surface area (Å²) in [5.41, 5.74) is 4.24. The van der Waals surface area contributed by atoms with Gasteiger partial charge in [-0.1, -0.05) is 84.3 Å². The van der Waals surface area contributed by atoms with Crippen LogP contribution in [0.2, 0.25) is 0 Å². The van der Waals surface area contributed by atoms with Crippen LogP contribution < -0.4 is 0 Å². The number of fused-ring (bicyclic) bond motifs is 2. The van der Waals surface area contributed by atoms with Crippen molar-refractivity contribution in [2.45, 2.75) is 38.9 Å². The molecule has 0 heterocycles. The van der Waals surface area contributed by atoms with Crippen LogP contribution in [-0.2, 0) is 11.2 Å². The number of hydrogen-bond acceptors (Lipinski definition) is 2. The molecule has 0 bridgehead atoms. The number of benzene rings is 4. The summed E-state index contributed by atoms with van der Waals surface area (Å²) in [6.07, 6.45) is 0. The Morgan fingerprint density at radius 3 is 1.00 bits per heavy atom. The summed E-state index contributed by atoms with van der Waals surface area (Å²) in [6.45, 7) is 7.81. The second-order valence-corrected chi connectivity index (χ2v) is 9.55. The van der Waals surface area contributed by atoms with E-state index in [2.05, 4.69) is 23.7 Å². The summed E-state index contributed by atoms with van der Waals surface area (Å²) in [4.78, 5) is 0. The van der Waals surface area contributed by atoms with Crippen LogP contribution in [0.1, 0.15) is 55.6 Å². The van der Waals surface area contributed by atoms with Crippen molar-refractivity contribution in [1.29, 1.82) is 0 Å². The monoisotopic (exact) mass is 468 g/mol. The SMILES string of the molecule is Cc1ccc(C)c2c1C(O)(C#Cc1ccccc1)c1c(C)ccc(C)c1C2(O)C#Cc1ccccc1. The van der Waals surface area contributed by atoms with E-state index >= 15 is 0 Å². The summed E-state index contributed by atoms with van der Waals surface area (Å²) < 4.78 is 0. The fraction of sp³-hybridized carbons (Fsp3) is 0.176. The molecule has 1 aliphatic rings. The highest BCUT2D eigenvalue weighted by Crippen LogP contribution is 2.51. The van der Waals surface area contributed by atoms with Crippen molar-refractivity contribution >= 4 is 0 Å². The molecule has 0 spiro atoms. The van der Waals surface area contributed by atoms with Crippen molar-refractivity contribution < 1.29 is 10.2 Å². The first-order valence-electron chi connectivity index (χ1n) is 12.1. The highest BCUT2D eigenvalue weighted by molar-refractivity contribution is 5.70. The van der Waals surface area contributed by atoms with Gasteiger partial charge >= 0.3 is 0 Å². The molecule has 4 aromatic rings. The molecule has 0 atom stereocenters. The summed E-state index contributed by atoms with van der Waals surface area (Å²) in [5.74, 6) is 12.8. The second-order valence-electron chi connectivity index (χ2n) is 9.55. The van der Waals surface area contributed by atoms with Crippen molar-refractivity contribution in [3.05, 3.63) is 141 Å². The maximum absolute atomic E-state index is 12.5. The summed E-state index contributed by atoms with van der Waals surface area (Å²) in [6, 6.07) is 27.2. The molecule has 0 radical (unpaired) electrons. The zero-order valence-corrected chi connectivity index (χ0v) is 21.0. The Morgan fingerprint density at radius 2 is 0.722 bits per heavy atom. The maximum atomic E-state index is 12.5. The lowest BCUT2D eigenvalue weighted by atomic mass is 9.63. The van der Waals surface area contributed by atoms with Gasteiger partial charge in [-0.3, -0.25) is 0 Å². The quantitative estimate of drug-likeness (QED) is 0.320. The molecule has 0 saturated carbocycles. The zero-order chi connectivity index (χ0) is 25.5.